The summed E-state index contributed by atoms with van der Waals surface area (Å²) in [7, 11) is -1.89. The molecular weight excluding hydrogens is 368 g/mol. The number of carbonyl (C=O) groups is 1. The van der Waals surface area contributed by atoms with Gasteiger partial charge >= 0.3 is 6.09 Å². The van der Waals surface area contributed by atoms with E-state index in [1.165, 1.54) is 0 Å². The molecule has 1 N–H and O–H groups in total. The predicted octanol–water partition coefficient (Wildman–Crippen LogP) is 5.02. The van der Waals surface area contributed by atoms with Crippen molar-refractivity contribution in [3.63, 3.8) is 0 Å². The zero-order valence-electron chi connectivity index (χ0n) is 19.7. The van der Waals surface area contributed by atoms with Crippen LogP contribution in [0.4, 0.5) is 4.79 Å². The van der Waals surface area contributed by atoms with Crippen molar-refractivity contribution >= 4 is 14.4 Å². The minimum Gasteiger partial charge on any atom is -0.444 e. The van der Waals surface area contributed by atoms with Crippen LogP contribution in [0.25, 0.3) is 0 Å². The smallest absolute Gasteiger partial charge is 0.410 e. The van der Waals surface area contributed by atoms with Crippen LogP contribution in [0.2, 0.25) is 16.6 Å². The standard InChI is InChI=1S/C22H44N2O3Si/c1-15(2)28(16(3)4,17(5)6)26-14-18-13-24(21(25)27-22(7,8)9)20-12-23-11-10-19(18)20/h15-20,23H,10-14H2,1-9H3/t18-,19-,20+/m1/s1. The average molecular weight is 413 g/mol. The molecule has 0 radical (unpaired) electrons. The van der Waals surface area contributed by atoms with Crippen LogP contribution in [0.3, 0.4) is 0 Å². The highest BCUT2D eigenvalue weighted by Gasteiger charge is 2.49. The molecule has 2 rings (SSSR count). The summed E-state index contributed by atoms with van der Waals surface area (Å²) in [5.74, 6) is 0.912. The number of ether oxygens (including phenoxy) is 1. The zero-order valence-corrected chi connectivity index (χ0v) is 20.7. The lowest BCUT2D eigenvalue weighted by Gasteiger charge is -2.43. The first-order chi connectivity index (χ1) is 12.9. The van der Waals surface area contributed by atoms with Crippen molar-refractivity contribution in [1.29, 1.82) is 0 Å². The van der Waals surface area contributed by atoms with Gasteiger partial charge in [0.15, 0.2) is 8.32 Å². The van der Waals surface area contributed by atoms with E-state index in [9.17, 15) is 4.79 Å². The topological polar surface area (TPSA) is 50.8 Å². The van der Waals surface area contributed by atoms with Crippen LogP contribution in [0.5, 0.6) is 0 Å². The number of hydrogen-bond acceptors (Lipinski definition) is 4. The maximum Gasteiger partial charge on any atom is 0.410 e. The molecule has 0 spiro atoms. The van der Waals surface area contributed by atoms with Gasteiger partial charge in [0.25, 0.3) is 0 Å². The minimum absolute atomic E-state index is 0.172. The highest BCUT2D eigenvalue weighted by Crippen LogP contribution is 2.44. The van der Waals surface area contributed by atoms with E-state index in [-0.39, 0.29) is 12.1 Å². The number of hydrogen-bond donors (Lipinski definition) is 1. The third kappa shape index (κ3) is 4.93. The molecule has 164 valence electrons. The molecule has 2 saturated heterocycles. The summed E-state index contributed by atoms with van der Waals surface area (Å²) in [5, 5.41) is 3.47. The Morgan fingerprint density at radius 1 is 1.11 bits per heavy atom. The summed E-state index contributed by atoms with van der Waals surface area (Å²) < 4.78 is 12.6. The summed E-state index contributed by atoms with van der Waals surface area (Å²) in [5.41, 5.74) is 1.29. The van der Waals surface area contributed by atoms with E-state index in [0.29, 0.717) is 28.5 Å². The average Bonchev–Trinajstić information content (AvgIpc) is 2.92. The van der Waals surface area contributed by atoms with E-state index >= 15 is 0 Å². The number of likely N-dealkylation sites (tertiary alicyclic amines) is 1. The van der Waals surface area contributed by atoms with Gasteiger partial charge in [0.2, 0.25) is 0 Å². The molecule has 0 unspecified atom stereocenters. The Bertz CT molecular complexity index is 509. The van der Waals surface area contributed by atoms with Crippen LogP contribution in [0.1, 0.15) is 68.7 Å². The van der Waals surface area contributed by atoms with E-state index in [4.69, 9.17) is 9.16 Å². The number of carbonyl (C=O) groups excluding carboxylic acids is 1. The van der Waals surface area contributed by atoms with Crippen molar-refractivity contribution in [2.45, 2.75) is 97.0 Å². The van der Waals surface area contributed by atoms with E-state index in [1.54, 1.807) is 0 Å². The Balaban J connectivity index is 2.15. The summed E-state index contributed by atoms with van der Waals surface area (Å²) in [4.78, 5) is 14.8. The first-order valence-electron chi connectivity index (χ1n) is 11.2. The Morgan fingerprint density at radius 2 is 1.68 bits per heavy atom. The van der Waals surface area contributed by atoms with Gasteiger partial charge in [-0.15, -0.1) is 0 Å². The molecule has 2 aliphatic heterocycles. The molecule has 28 heavy (non-hydrogen) atoms. The van der Waals surface area contributed by atoms with Crippen LogP contribution < -0.4 is 5.32 Å². The summed E-state index contributed by atoms with van der Waals surface area (Å²) in [6.07, 6.45) is 0.936. The van der Waals surface area contributed by atoms with Crippen molar-refractivity contribution in [3.05, 3.63) is 0 Å². The maximum absolute atomic E-state index is 12.8. The van der Waals surface area contributed by atoms with Crippen LogP contribution >= 0.6 is 0 Å². The first kappa shape index (κ1) is 23.7. The summed E-state index contributed by atoms with van der Waals surface area (Å²) in [6, 6.07) is 0.227. The van der Waals surface area contributed by atoms with Crippen LogP contribution in [0, 0.1) is 11.8 Å². The van der Waals surface area contributed by atoms with Crippen molar-refractivity contribution in [3.8, 4) is 0 Å². The number of nitrogens with one attached hydrogen (secondary N) is 1. The normalized spacial score (nSPS) is 26.3. The molecule has 0 saturated carbocycles. The van der Waals surface area contributed by atoms with Gasteiger partial charge in [-0.1, -0.05) is 41.5 Å². The van der Waals surface area contributed by atoms with Gasteiger partial charge in [-0.3, -0.25) is 0 Å². The van der Waals surface area contributed by atoms with Gasteiger partial charge in [0.1, 0.15) is 5.60 Å². The molecule has 0 aromatic carbocycles. The predicted molar refractivity (Wildman–Crippen MR) is 118 cm³/mol. The second kappa shape index (κ2) is 9.05. The van der Waals surface area contributed by atoms with E-state index in [2.05, 4.69) is 46.9 Å². The molecule has 0 aromatic heterocycles. The van der Waals surface area contributed by atoms with Gasteiger partial charge in [-0.2, -0.15) is 0 Å². The second-order valence-electron chi connectivity index (χ2n) is 10.7. The van der Waals surface area contributed by atoms with Gasteiger partial charge in [-0.05, 0) is 56.3 Å². The fourth-order valence-electron chi connectivity index (χ4n) is 5.74. The third-order valence-corrected chi connectivity index (χ3v) is 12.9. The van der Waals surface area contributed by atoms with Crippen molar-refractivity contribution in [2.24, 2.45) is 11.8 Å². The van der Waals surface area contributed by atoms with Gasteiger partial charge in [-0.25, -0.2) is 4.79 Å². The summed E-state index contributed by atoms with van der Waals surface area (Å²) in [6.45, 7) is 23.2. The largest absolute Gasteiger partial charge is 0.444 e. The highest BCUT2D eigenvalue weighted by atomic mass is 28.4. The molecule has 0 aliphatic carbocycles. The number of piperidine rings is 1. The van der Waals surface area contributed by atoms with E-state index < -0.39 is 13.9 Å². The number of rotatable bonds is 6. The van der Waals surface area contributed by atoms with Crippen molar-refractivity contribution < 1.29 is 14.0 Å². The SMILES string of the molecule is CC(C)[Si](OC[C@H]1CN(C(=O)OC(C)(C)C)[C@H]2CNCC[C@H]12)(C(C)C)C(C)C. The third-order valence-electron chi connectivity index (χ3n) is 6.82. The molecule has 0 bridgehead atoms. The maximum atomic E-state index is 12.8. The summed E-state index contributed by atoms with van der Waals surface area (Å²) >= 11 is 0. The molecule has 0 aromatic rings. The molecule has 2 fully saturated rings. The quantitative estimate of drug-likeness (QED) is 0.622. The molecule has 3 atom stereocenters. The molecular formula is C22H44N2O3Si. The van der Waals surface area contributed by atoms with Crippen LogP contribution in [0.15, 0.2) is 0 Å². The molecule has 5 nitrogen and oxygen atoms in total. The van der Waals surface area contributed by atoms with Crippen LogP contribution in [-0.4, -0.2) is 57.2 Å². The Hall–Kier alpha value is -0.593. The first-order valence-corrected chi connectivity index (χ1v) is 13.4. The van der Waals surface area contributed by atoms with E-state index in [1.807, 2.05) is 25.7 Å². The molecule has 6 heteroatoms. The molecule has 2 heterocycles. The van der Waals surface area contributed by atoms with Gasteiger partial charge < -0.3 is 19.4 Å². The Morgan fingerprint density at radius 3 is 2.18 bits per heavy atom. The highest BCUT2D eigenvalue weighted by molar-refractivity contribution is 6.77. The Kier molecular flexibility index (Phi) is 7.65. The number of amides is 1. The lowest BCUT2D eigenvalue weighted by Crippen LogP contribution is -2.50. The van der Waals surface area contributed by atoms with Gasteiger partial charge in [0, 0.05) is 25.6 Å². The van der Waals surface area contributed by atoms with Crippen molar-refractivity contribution in [2.75, 3.05) is 26.2 Å². The zero-order chi connectivity index (χ0) is 21.3. The minimum atomic E-state index is -1.89. The lowest BCUT2D eigenvalue weighted by atomic mass is 9.86. The van der Waals surface area contributed by atoms with Gasteiger partial charge in [0.05, 0.1) is 6.04 Å². The monoisotopic (exact) mass is 412 g/mol. The number of nitrogens with zero attached hydrogens (tertiary/aromatic N) is 1. The fraction of sp³-hybridized carbons (Fsp3) is 0.955. The molecule has 2 aliphatic rings. The second-order valence-corrected chi connectivity index (χ2v) is 16.2. The Labute approximate surface area is 174 Å². The van der Waals surface area contributed by atoms with Crippen LogP contribution in [-0.2, 0) is 9.16 Å². The lowest BCUT2D eigenvalue weighted by molar-refractivity contribution is 0.0194. The van der Waals surface area contributed by atoms with Crippen molar-refractivity contribution in [1.82, 2.24) is 10.2 Å². The number of fused-ring (bicyclic) bond motifs is 1. The molecule has 1 amide bonds. The fourth-order valence-corrected chi connectivity index (χ4v) is 11.2. The van der Waals surface area contributed by atoms with E-state index in [0.717, 1.165) is 32.7 Å².